The zero-order valence-electron chi connectivity index (χ0n) is 10.0. The summed E-state index contributed by atoms with van der Waals surface area (Å²) in [4.78, 5) is 12.3. The Balaban J connectivity index is 2.00. The molecular weight excluding hydrogens is 265 g/mol. The monoisotopic (exact) mass is 275 g/mol. The van der Waals surface area contributed by atoms with Crippen molar-refractivity contribution in [3.63, 3.8) is 0 Å². The zero-order chi connectivity index (χ0) is 13.4. The summed E-state index contributed by atoms with van der Waals surface area (Å²) in [6.07, 6.45) is 0.888. The molecule has 0 atom stereocenters. The van der Waals surface area contributed by atoms with Gasteiger partial charge in [0, 0.05) is 22.8 Å². The summed E-state index contributed by atoms with van der Waals surface area (Å²) in [7, 11) is 0. The van der Waals surface area contributed by atoms with Gasteiger partial charge in [-0.05, 0) is 48.4 Å². The molecule has 3 rings (SSSR count). The highest BCUT2D eigenvalue weighted by atomic mass is 35.5. The number of benzene rings is 2. The number of anilines is 1. The number of nitrogens with one attached hydrogen (secondary N) is 1. The zero-order valence-corrected chi connectivity index (χ0v) is 10.8. The lowest BCUT2D eigenvalue weighted by Crippen LogP contribution is -2.04. The summed E-state index contributed by atoms with van der Waals surface area (Å²) in [6.45, 7) is 0.877. The van der Waals surface area contributed by atoms with Crippen LogP contribution < -0.4 is 5.32 Å². The molecule has 4 heteroatoms. The summed E-state index contributed by atoms with van der Waals surface area (Å²) in [5.74, 6) is -0.903. The minimum Gasteiger partial charge on any atom is -0.384 e. The minimum absolute atomic E-state index is 0.0512. The van der Waals surface area contributed by atoms with E-state index in [4.69, 9.17) is 11.6 Å². The molecule has 0 unspecified atom stereocenters. The van der Waals surface area contributed by atoms with Crippen molar-refractivity contribution in [1.29, 1.82) is 0 Å². The molecule has 0 saturated carbocycles. The van der Waals surface area contributed by atoms with Crippen LogP contribution in [0.3, 0.4) is 0 Å². The van der Waals surface area contributed by atoms with Crippen LogP contribution in [0, 0.1) is 5.82 Å². The van der Waals surface area contributed by atoms with Gasteiger partial charge in [0.2, 0.25) is 0 Å². The number of fused-ring (bicyclic) bond motifs is 1. The summed E-state index contributed by atoms with van der Waals surface area (Å²) in [6, 6.07) is 9.50. The Kier molecular flexibility index (Phi) is 2.99. The average molecular weight is 276 g/mol. The second-order valence-corrected chi connectivity index (χ2v) is 4.94. The van der Waals surface area contributed by atoms with Crippen LogP contribution in [0.15, 0.2) is 36.4 Å². The number of hydrogen-bond donors (Lipinski definition) is 1. The first-order valence-corrected chi connectivity index (χ1v) is 6.39. The lowest BCUT2D eigenvalue weighted by molar-refractivity contribution is 0.103. The molecule has 0 saturated heterocycles. The van der Waals surface area contributed by atoms with Gasteiger partial charge in [0.05, 0.1) is 5.56 Å². The maximum absolute atomic E-state index is 13.7. The molecule has 1 heterocycles. The van der Waals surface area contributed by atoms with Crippen LogP contribution >= 0.6 is 11.6 Å². The maximum atomic E-state index is 13.7. The van der Waals surface area contributed by atoms with Gasteiger partial charge in [-0.25, -0.2) is 4.39 Å². The summed E-state index contributed by atoms with van der Waals surface area (Å²) in [5.41, 5.74) is 2.70. The van der Waals surface area contributed by atoms with Gasteiger partial charge in [0.15, 0.2) is 5.78 Å². The van der Waals surface area contributed by atoms with Crippen molar-refractivity contribution >= 4 is 23.1 Å². The Morgan fingerprint density at radius 3 is 2.84 bits per heavy atom. The van der Waals surface area contributed by atoms with Gasteiger partial charge < -0.3 is 5.32 Å². The van der Waals surface area contributed by atoms with Gasteiger partial charge >= 0.3 is 0 Å². The first-order chi connectivity index (χ1) is 9.15. The Hall–Kier alpha value is -1.87. The predicted octanol–water partition coefficient (Wildman–Crippen LogP) is 3.68. The first kappa shape index (κ1) is 12.2. The molecular formula is C15H11ClFNO. The van der Waals surface area contributed by atoms with Crippen LogP contribution in [-0.4, -0.2) is 12.3 Å². The van der Waals surface area contributed by atoms with E-state index in [1.54, 1.807) is 6.07 Å². The van der Waals surface area contributed by atoms with Crippen molar-refractivity contribution in [2.24, 2.45) is 0 Å². The van der Waals surface area contributed by atoms with Crippen molar-refractivity contribution < 1.29 is 9.18 Å². The van der Waals surface area contributed by atoms with Gasteiger partial charge in [-0.2, -0.15) is 0 Å². The molecule has 1 aliphatic heterocycles. The molecule has 2 aromatic carbocycles. The third-order valence-electron chi connectivity index (χ3n) is 3.25. The topological polar surface area (TPSA) is 29.1 Å². The normalized spacial score (nSPS) is 12.9. The van der Waals surface area contributed by atoms with Gasteiger partial charge in [-0.3, -0.25) is 4.79 Å². The highest BCUT2D eigenvalue weighted by molar-refractivity contribution is 6.30. The molecule has 0 spiro atoms. The van der Waals surface area contributed by atoms with Crippen LogP contribution in [0.4, 0.5) is 10.1 Å². The van der Waals surface area contributed by atoms with Crippen molar-refractivity contribution in [3.05, 3.63) is 63.9 Å². The first-order valence-electron chi connectivity index (χ1n) is 6.02. The van der Waals surface area contributed by atoms with Gasteiger partial charge in [-0.15, -0.1) is 0 Å². The molecule has 2 aromatic rings. The number of carbonyl (C=O) groups is 1. The Bertz CT molecular complexity index is 669. The van der Waals surface area contributed by atoms with Crippen LogP contribution in [0.1, 0.15) is 21.5 Å². The number of halogens is 2. The highest BCUT2D eigenvalue weighted by Crippen LogP contribution is 2.25. The van der Waals surface area contributed by atoms with Gasteiger partial charge in [0.25, 0.3) is 0 Å². The maximum Gasteiger partial charge on any atom is 0.195 e. The lowest BCUT2D eigenvalue weighted by atomic mass is 10.00. The standard InChI is InChI=1S/C15H11ClFNO/c16-11-2-3-12(13(17)8-11)15(19)10-1-4-14-9(7-10)5-6-18-14/h1-4,7-8,18H,5-6H2. The Morgan fingerprint density at radius 2 is 2.05 bits per heavy atom. The number of hydrogen-bond acceptors (Lipinski definition) is 2. The molecule has 0 radical (unpaired) electrons. The predicted molar refractivity (Wildman–Crippen MR) is 73.5 cm³/mol. The van der Waals surface area contributed by atoms with Crippen molar-refractivity contribution in [3.8, 4) is 0 Å². The fourth-order valence-corrected chi connectivity index (χ4v) is 2.43. The van der Waals surface area contributed by atoms with Crippen molar-refractivity contribution in [2.75, 3.05) is 11.9 Å². The number of ketones is 1. The molecule has 0 aromatic heterocycles. The van der Waals surface area contributed by atoms with E-state index in [2.05, 4.69) is 5.32 Å². The van der Waals surface area contributed by atoms with E-state index < -0.39 is 5.82 Å². The molecule has 19 heavy (non-hydrogen) atoms. The largest absolute Gasteiger partial charge is 0.384 e. The minimum atomic E-state index is -0.587. The van der Waals surface area contributed by atoms with E-state index in [1.165, 1.54) is 12.1 Å². The van der Waals surface area contributed by atoms with E-state index in [0.717, 1.165) is 30.3 Å². The fourth-order valence-electron chi connectivity index (χ4n) is 2.28. The lowest BCUT2D eigenvalue weighted by Gasteiger charge is -2.05. The molecule has 0 aliphatic carbocycles. The molecule has 1 aliphatic rings. The molecule has 96 valence electrons. The third kappa shape index (κ3) is 2.22. The molecule has 0 bridgehead atoms. The van der Waals surface area contributed by atoms with Crippen LogP contribution in [-0.2, 0) is 6.42 Å². The molecule has 2 nitrogen and oxygen atoms in total. The molecule has 0 fully saturated rings. The van der Waals surface area contributed by atoms with Gasteiger partial charge in [0.1, 0.15) is 5.82 Å². The summed E-state index contributed by atoms with van der Waals surface area (Å²) >= 11 is 5.68. The van der Waals surface area contributed by atoms with Crippen LogP contribution in [0.5, 0.6) is 0 Å². The Labute approximate surface area is 115 Å². The second-order valence-electron chi connectivity index (χ2n) is 4.50. The van der Waals surface area contributed by atoms with Gasteiger partial charge in [-0.1, -0.05) is 11.6 Å². The number of carbonyl (C=O) groups excluding carboxylic acids is 1. The Morgan fingerprint density at radius 1 is 1.21 bits per heavy atom. The van der Waals surface area contributed by atoms with E-state index in [-0.39, 0.29) is 16.4 Å². The van der Waals surface area contributed by atoms with E-state index >= 15 is 0 Å². The van der Waals surface area contributed by atoms with E-state index in [0.29, 0.717) is 5.56 Å². The quantitative estimate of drug-likeness (QED) is 0.847. The fraction of sp³-hybridized carbons (Fsp3) is 0.133. The average Bonchev–Trinajstić information content (AvgIpc) is 2.85. The van der Waals surface area contributed by atoms with Crippen LogP contribution in [0.25, 0.3) is 0 Å². The van der Waals surface area contributed by atoms with E-state index in [9.17, 15) is 9.18 Å². The van der Waals surface area contributed by atoms with Crippen molar-refractivity contribution in [1.82, 2.24) is 0 Å². The smallest absolute Gasteiger partial charge is 0.195 e. The molecule has 0 amide bonds. The summed E-state index contributed by atoms with van der Waals surface area (Å²) < 4.78 is 13.7. The van der Waals surface area contributed by atoms with Crippen LogP contribution in [0.2, 0.25) is 5.02 Å². The summed E-state index contributed by atoms with van der Waals surface area (Å²) in [5, 5.41) is 3.51. The van der Waals surface area contributed by atoms with E-state index in [1.807, 2.05) is 12.1 Å². The highest BCUT2D eigenvalue weighted by Gasteiger charge is 2.17. The second kappa shape index (κ2) is 4.67. The number of rotatable bonds is 2. The SMILES string of the molecule is O=C(c1ccc2c(c1)CCN2)c1ccc(Cl)cc1F. The molecule has 1 N–H and O–H groups in total. The van der Waals surface area contributed by atoms with Crippen molar-refractivity contribution in [2.45, 2.75) is 6.42 Å². The third-order valence-corrected chi connectivity index (χ3v) is 3.49.